The first kappa shape index (κ1) is 13.1. The van der Waals surface area contributed by atoms with E-state index in [1.54, 1.807) is 0 Å². The second-order valence-electron chi connectivity index (χ2n) is 5.96. The molecule has 1 unspecified atom stereocenters. The molecule has 0 aliphatic carbocycles. The van der Waals surface area contributed by atoms with E-state index in [1.165, 1.54) is 5.56 Å². The van der Waals surface area contributed by atoms with Gasteiger partial charge in [0.15, 0.2) is 0 Å². The zero-order valence-corrected chi connectivity index (χ0v) is 11.7. The number of carbonyl (C=O) groups excluding carboxylic acids is 1. The van der Waals surface area contributed by atoms with Crippen LogP contribution in [0.2, 0.25) is 0 Å². The van der Waals surface area contributed by atoms with Crippen molar-refractivity contribution < 1.29 is 4.79 Å². The lowest BCUT2D eigenvalue weighted by Gasteiger charge is -2.33. The topological polar surface area (TPSA) is 46.9 Å². The maximum Gasteiger partial charge on any atom is 0.220 e. The van der Waals surface area contributed by atoms with Crippen molar-refractivity contribution in [2.45, 2.75) is 58.5 Å². The minimum absolute atomic E-state index is 0.0814. The van der Waals surface area contributed by atoms with Gasteiger partial charge in [-0.15, -0.1) is 0 Å². The zero-order valence-electron chi connectivity index (χ0n) is 11.7. The standard InChI is InChI=1S/C14H23N3O/c1-10(2)14(6-5-13(18)16-14)7-12-8-15-17(9-12)11(3)4/h8-11H,5-7H2,1-4H3,(H,16,18). The van der Waals surface area contributed by atoms with Crippen LogP contribution in [0, 0.1) is 5.92 Å². The van der Waals surface area contributed by atoms with Gasteiger partial charge < -0.3 is 5.32 Å². The van der Waals surface area contributed by atoms with E-state index in [9.17, 15) is 4.79 Å². The van der Waals surface area contributed by atoms with Gasteiger partial charge in [-0.3, -0.25) is 9.48 Å². The molecule has 4 nitrogen and oxygen atoms in total. The molecule has 1 saturated heterocycles. The quantitative estimate of drug-likeness (QED) is 0.890. The molecule has 1 atom stereocenters. The van der Waals surface area contributed by atoms with E-state index < -0.39 is 0 Å². The fourth-order valence-corrected chi connectivity index (χ4v) is 2.62. The van der Waals surface area contributed by atoms with Crippen LogP contribution < -0.4 is 5.32 Å². The second-order valence-corrected chi connectivity index (χ2v) is 5.96. The van der Waals surface area contributed by atoms with E-state index in [4.69, 9.17) is 0 Å². The SMILES string of the molecule is CC(C)n1cc(CC2(C(C)C)CCC(=O)N2)cn1. The van der Waals surface area contributed by atoms with Gasteiger partial charge in [0.2, 0.25) is 5.91 Å². The smallest absolute Gasteiger partial charge is 0.220 e. The van der Waals surface area contributed by atoms with Crippen molar-refractivity contribution >= 4 is 5.91 Å². The van der Waals surface area contributed by atoms with Crippen molar-refractivity contribution in [2.24, 2.45) is 5.92 Å². The third-order valence-corrected chi connectivity index (χ3v) is 4.00. The van der Waals surface area contributed by atoms with E-state index >= 15 is 0 Å². The first-order valence-electron chi connectivity index (χ1n) is 6.77. The molecule has 0 saturated carbocycles. The molecule has 2 rings (SSSR count). The summed E-state index contributed by atoms with van der Waals surface area (Å²) in [5.41, 5.74) is 1.13. The number of hydrogen-bond acceptors (Lipinski definition) is 2. The molecule has 1 fully saturated rings. The van der Waals surface area contributed by atoms with Crippen molar-refractivity contribution in [3.63, 3.8) is 0 Å². The molecule has 0 bridgehead atoms. The fourth-order valence-electron chi connectivity index (χ4n) is 2.62. The summed E-state index contributed by atoms with van der Waals surface area (Å²) in [5, 5.41) is 7.55. The van der Waals surface area contributed by atoms with Gasteiger partial charge in [-0.05, 0) is 38.2 Å². The molecule has 1 amide bonds. The van der Waals surface area contributed by atoms with E-state index in [-0.39, 0.29) is 11.4 Å². The number of aromatic nitrogens is 2. The summed E-state index contributed by atoms with van der Waals surface area (Å²) in [6, 6.07) is 0.381. The van der Waals surface area contributed by atoms with Crippen LogP contribution in [0.4, 0.5) is 0 Å². The van der Waals surface area contributed by atoms with E-state index in [1.807, 2.05) is 10.9 Å². The highest BCUT2D eigenvalue weighted by molar-refractivity contribution is 5.79. The molecule has 1 aliphatic heterocycles. The molecule has 4 heteroatoms. The Kier molecular flexibility index (Phi) is 3.46. The molecule has 1 aromatic rings. The molecule has 1 aliphatic rings. The van der Waals surface area contributed by atoms with Crippen LogP contribution >= 0.6 is 0 Å². The molecule has 0 spiro atoms. The van der Waals surface area contributed by atoms with Crippen LogP contribution in [0.15, 0.2) is 12.4 Å². The molecular weight excluding hydrogens is 226 g/mol. The van der Waals surface area contributed by atoms with Crippen LogP contribution in [0.1, 0.15) is 52.1 Å². The summed E-state index contributed by atoms with van der Waals surface area (Å²) in [5.74, 6) is 0.617. The summed E-state index contributed by atoms with van der Waals surface area (Å²) >= 11 is 0. The van der Waals surface area contributed by atoms with Gasteiger partial charge in [-0.25, -0.2) is 0 Å². The van der Waals surface area contributed by atoms with Gasteiger partial charge >= 0.3 is 0 Å². The van der Waals surface area contributed by atoms with Crippen LogP contribution in [0.5, 0.6) is 0 Å². The van der Waals surface area contributed by atoms with Gasteiger partial charge in [0.1, 0.15) is 0 Å². The average molecular weight is 249 g/mol. The predicted molar refractivity (Wildman–Crippen MR) is 71.3 cm³/mol. The van der Waals surface area contributed by atoms with Gasteiger partial charge in [-0.1, -0.05) is 13.8 Å². The van der Waals surface area contributed by atoms with Crippen LogP contribution in [-0.2, 0) is 11.2 Å². The lowest BCUT2D eigenvalue weighted by atomic mass is 9.80. The summed E-state index contributed by atoms with van der Waals surface area (Å²) in [7, 11) is 0. The lowest BCUT2D eigenvalue weighted by molar-refractivity contribution is -0.120. The summed E-state index contributed by atoms with van der Waals surface area (Å²) < 4.78 is 1.97. The zero-order chi connectivity index (χ0) is 13.3. The molecule has 100 valence electrons. The minimum atomic E-state index is -0.0814. The molecular formula is C14H23N3O. The van der Waals surface area contributed by atoms with Crippen LogP contribution in [-0.4, -0.2) is 21.2 Å². The Balaban J connectivity index is 2.16. The first-order chi connectivity index (χ1) is 8.43. The summed E-state index contributed by atoms with van der Waals surface area (Å²) in [6.07, 6.45) is 6.48. The van der Waals surface area contributed by atoms with Crippen LogP contribution in [0.3, 0.4) is 0 Å². The van der Waals surface area contributed by atoms with E-state index in [2.05, 4.69) is 44.3 Å². The van der Waals surface area contributed by atoms with Gasteiger partial charge in [0.05, 0.1) is 6.20 Å². The molecule has 2 heterocycles. The third kappa shape index (κ3) is 2.42. The largest absolute Gasteiger partial charge is 0.350 e. The number of carbonyl (C=O) groups is 1. The Morgan fingerprint density at radius 2 is 2.17 bits per heavy atom. The van der Waals surface area contributed by atoms with Gasteiger partial charge in [0.25, 0.3) is 0 Å². The highest BCUT2D eigenvalue weighted by atomic mass is 16.2. The van der Waals surface area contributed by atoms with Crippen molar-refractivity contribution in [3.8, 4) is 0 Å². The fraction of sp³-hybridized carbons (Fsp3) is 0.714. The third-order valence-electron chi connectivity index (χ3n) is 4.00. The Morgan fingerprint density at radius 3 is 2.61 bits per heavy atom. The predicted octanol–water partition coefficient (Wildman–Crippen LogP) is 2.31. The van der Waals surface area contributed by atoms with Gasteiger partial charge in [-0.2, -0.15) is 5.10 Å². The monoisotopic (exact) mass is 249 g/mol. The van der Waals surface area contributed by atoms with E-state index in [0.717, 1.165) is 12.8 Å². The van der Waals surface area contributed by atoms with E-state index in [0.29, 0.717) is 18.4 Å². The maximum atomic E-state index is 11.5. The lowest BCUT2D eigenvalue weighted by Crippen LogP contribution is -2.48. The second kappa shape index (κ2) is 4.75. The number of hydrogen-bond donors (Lipinski definition) is 1. The highest BCUT2D eigenvalue weighted by Gasteiger charge is 2.40. The number of rotatable bonds is 4. The summed E-state index contributed by atoms with van der Waals surface area (Å²) in [4.78, 5) is 11.5. The Labute approximate surface area is 109 Å². The van der Waals surface area contributed by atoms with Crippen molar-refractivity contribution in [3.05, 3.63) is 18.0 Å². The molecule has 1 aromatic heterocycles. The number of amides is 1. The van der Waals surface area contributed by atoms with Crippen LogP contribution in [0.25, 0.3) is 0 Å². The summed E-state index contributed by atoms with van der Waals surface area (Å²) in [6.45, 7) is 8.59. The van der Waals surface area contributed by atoms with Crippen molar-refractivity contribution in [2.75, 3.05) is 0 Å². The molecule has 0 radical (unpaired) electrons. The van der Waals surface area contributed by atoms with Crippen molar-refractivity contribution in [1.82, 2.24) is 15.1 Å². The molecule has 1 N–H and O–H groups in total. The maximum absolute atomic E-state index is 11.5. The Morgan fingerprint density at radius 1 is 1.44 bits per heavy atom. The minimum Gasteiger partial charge on any atom is -0.350 e. The average Bonchev–Trinajstić information content (AvgIpc) is 2.87. The Hall–Kier alpha value is -1.32. The Bertz CT molecular complexity index is 436. The number of nitrogens with zero attached hydrogens (tertiary/aromatic N) is 2. The first-order valence-corrected chi connectivity index (χ1v) is 6.77. The van der Waals surface area contributed by atoms with Crippen molar-refractivity contribution in [1.29, 1.82) is 0 Å². The molecule has 0 aromatic carbocycles. The molecule has 18 heavy (non-hydrogen) atoms. The normalized spacial score (nSPS) is 24.0. The number of nitrogens with one attached hydrogen (secondary N) is 1. The van der Waals surface area contributed by atoms with Gasteiger partial charge in [0, 0.05) is 24.2 Å². The highest BCUT2D eigenvalue weighted by Crippen LogP contribution is 2.31.